The van der Waals surface area contributed by atoms with Gasteiger partial charge in [0.15, 0.2) is 11.5 Å². The third-order valence-corrected chi connectivity index (χ3v) is 6.29. The summed E-state index contributed by atoms with van der Waals surface area (Å²) in [5.41, 5.74) is 9.58. The van der Waals surface area contributed by atoms with E-state index in [9.17, 15) is 4.79 Å². The van der Waals surface area contributed by atoms with E-state index in [-0.39, 0.29) is 5.69 Å². The van der Waals surface area contributed by atoms with Crippen molar-refractivity contribution >= 4 is 28.5 Å². The number of H-pyrrole nitrogens is 1. The van der Waals surface area contributed by atoms with Gasteiger partial charge in [0, 0.05) is 11.1 Å². The average Bonchev–Trinajstić information content (AvgIpc) is 3.43. The maximum Gasteiger partial charge on any atom is 0.269 e. The number of nitrogens with zero attached hydrogens (tertiary/aromatic N) is 3. The minimum absolute atomic E-state index is 0.135. The van der Waals surface area contributed by atoms with Crippen molar-refractivity contribution < 1.29 is 9.53 Å². The van der Waals surface area contributed by atoms with Crippen LogP contribution in [-0.2, 0) is 0 Å². The van der Waals surface area contributed by atoms with Crippen molar-refractivity contribution in [1.82, 2.24) is 24.8 Å². The number of ether oxygens (including phenoxy) is 1. The van der Waals surface area contributed by atoms with Crippen LogP contribution in [0, 0.1) is 12.8 Å². The summed E-state index contributed by atoms with van der Waals surface area (Å²) in [6.07, 6.45) is 3.81. The summed E-state index contributed by atoms with van der Waals surface area (Å²) in [4.78, 5) is 24.4. The number of fused-ring (bicyclic) bond motifs is 1. The van der Waals surface area contributed by atoms with Crippen molar-refractivity contribution in [3.63, 3.8) is 0 Å². The highest BCUT2D eigenvalue weighted by Crippen LogP contribution is 2.30. The van der Waals surface area contributed by atoms with Gasteiger partial charge >= 0.3 is 0 Å². The van der Waals surface area contributed by atoms with Crippen molar-refractivity contribution in [2.24, 2.45) is 11.7 Å². The van der Waals surface area contributed by atoms with E-state index in [0.717, 1.165) is 54.0 Å². The largest absolute Gasteiger partial charge is 0.493 e. The van der Waals surface area contributed by atoms with Gasteiger partial charge in [0.1, 0.15) is 17.8 Å². The zero-order valence-corrected chi connectivity index (χ0v) is 19.0. The van der Waals surface area contributed by atoms with E-state index in [2.05, 4.69) is 15.3 Å². The molecule has 0 spiro atoms. The molecule has 0 radical (unpaired) electrons. The van der Waals surface area contributed by atoms with Crippen LogP contribution in [0.1, 0.15) is 28.9 Å². The molecule has 33 heavy (non-hydrogen) atoms. The van der Waals surface area contributed by atoms with E-state index in [1.165, 1.54) is 0 Å². The third-order valence-electron chi connectivity index (χ3n) is 6.05. The van der Waals surface area contributed by atoms with Gasteiger partial charge in [-0.3, -0.25) is 9.36 Å². The molecular weight excluding hydrogens is 440 g/mol. The number of hydrogen-bond donors (Lipinski definition) is 3. The molecule has 2 aromatic heterocycles. The van der Waals surface area contributed by atoms with Crippen LogP contribution in [0.15, 0.2) is 42.7 Å². The van der Waals surface area contributed by atoms with Crippen molar-refractivity contribution in [2.45, 2.75) is 19.8 Å². The molecule has 4 N–H and O–H groups in total. The molecule has 0 unspecified atom stereocenters. The lowest BCUT2D eigenvalue weighted by Gasteiger charge is -2.22. The second kappa shape index (κ2) is 8.88. The number of benzene rings is 2. The Morgan fingerprint density at radius 2 is 2.06 bits per heavy atom. The number of carbonyl (C=O) groups is 1. The van der Waals surface area contributed by atoms with E-state index in [1.807, 2.05) is 43.3 Å². The van der Waals surface area contributed by atoms with E-state index < -0.39 is 5.91 Å². The molecule has 0 bridgehead atoms. The number of aromatic nitrogens is 4. The standard InChI is InChI=1S/C24H25ClN6O2/c1-14-2-3-16(25)10-20(14)31-13-28-21(23(26)32)22(31)24-29-18-5-4-17(11-19(18)30-24)33-12-15-6-8-27-9-7-15/h2-5,10-11,13,15,27H,6-9,12H2,1H3,(H2,26,32)(H,29,30). The number of nitrogens with two attached hydrogens (primary N) is 1. The molecule has 1 amide bonds. The molecule has 170 valence electrons. The maximum atomic E-state index is 12.2. The lowest BCUT2D eigenvalue weighted by molar-refractivity contribution is 0.0996. The molecule has 2 aromatic carbocycles. The van der Waals surface area contributed by atoms with Crippen LogP contribution in [0.4, 0.5) is 0 Å². The first-order valence-electron chi connectivity index (χ1n) is 11.0. The lowest BCUT2D eigenvalue weighted by atomic mass is 9.99. The molecule has 1 fully saturated rings. The zero-order valence-electron chi connectivity index (χ0n) is 18.3. The van der Waals surface area contributed by atoms with Crippen molar-refractivity contribution in [2.75, 3.05) is 19.7 Å². The number of aryl methyl sites for hydroxylation is 1. The molecule has 0 atom stereocenters. The SMILES string of the molecule is Cc1ccc(Cl)cc1-n1cnc(C(N)=O)c1-c1nc2ccc(OCC3CCNCC3)cc2[nH]1. The Morgan fingerprint density at radius 3 is 2.85 bits per heavy atom. The number of carbonyl (C=O) groups excluding carboxylic acids is 1. The number of aromatic amines is 1. The van der Waals surface area contributed by atoms with E-state index in [4.69, 9.17) is 27.1 Å². The minimum Gasteiger partial charge on any atom is -0.493 e. The second-order valence-electron chi connectivity index (χ2n) is 8.38. The number of amides is 1. The fourth-order valence-electron chi connectivity index (χ4n) is 4.23. The normalized spacial score (nSPS) is 14.6. The fourth-order valence-corrected chi connectivity index (χ4v) is 4.40. The number of piperidine rings is 1. The quantitative estimate of drug-likeness (QED) is 0.401. The topological polar surface area (TPSA) is 111 Å². The third kappa shape index (κ3) is 4.31. The van der Waals surface area contributed by atoms with Crippen LogP contribution >= 0.6 is 11.6 Å². The molecule has 0 saturated carbocycles. The summed E-state index contributed by atoms with van der Waals surface area (Å²) in [7, 11) is 0. The van der Waals surface area contributed by atoms with Gasteiger partial charge in [-0.05, 0) is 68.6 Å². The number of nitrogens with one attached hydrogen (secondary N) is 2. The van der Waals surface area contributed by atoms with Crippen molar-refractivity contribution in [3.8, 4) is 23.0 Å². The van der Waals surface area contributed by atoms with Crippen LogP contribution in [-0.4, -0.2) is 45.1 Å². The van der Waals surface area contributed by atoms with Gasteiger partial charge in [0.25, 0.3) is 5.91 Å². The Labute approximate surface area is 196 Å². The fraction of sp³-hybridized carbons (Fsp3) is 0.292. The summed E-state index contributed by atoms with van der Waals surface area (Å²) in [5, 5.41) is 3.95. The maximum absolute atomic E-state index is 12.2. The first-order valence-corrected chi connectivity index (χ1v) is 11.3. The zero-order chi connectivity index (χ0) is 22.9. The number of rotatable bonds is 6. The van der Waals surface area contributed by atoms with Gasteiger partial charge in [-0.25, -0.2) is 9.97 Å². The Bertz CT molecular complexity index is 1320. The predicted molar refractivity (Wildman–Crippen MR) is 128 cm³/mol. The Morgan fingerprint density at radius 1 is 1.24 bits per heavy atom. The highest BCUT2D eigenvalue weighted by atomic mass is 35.5. The first-order chi connectivity index (χ1) is 16.0. The highest BCUT2D eigenvalue weighted by Gasteiger charge is 2.22. The van der Waals surface area contributed by atoms with Gasteiger partial charge in [0.05, 0.1) is 23.3 Å². The number of hydrogen-bond acceptors (Lipinski definition) is 5. The van der Waals surface area contributed by atoms with Crippen molar-refractivity contribution in [1.29, 1.82) is 0 Å². The summed E-state index contributed by atoms with van der Waals surface area (Å²) in [5.74, 6) is 1.21. The summed E-state index contributed by atoms with van der Waals surface area (Å²) >= 11 is 6.24. The van der Waals surface area contributed by atoms with Crippen LogP contribution < -0.4 is 15.8 Å². The molecule has 3 heterocycles. The molecule has 5 rings (SSSR count). The monoisotopic (exact) mass is 464 g/mol. The molecule has 1 saturated heterocycles. The van der Waals surface area contributed by atoms with Crippen LogP contribution in [0.25, 0.3) is 28.2 Å². The second-order valence-corrected chi connectivity index (χ2v) is 8.81. The van der Waals surface area contributed by atoms with Crippen LogP contribution in [0.2, 0.25) is 5.02 Å². The minimum atomic E-state index is -0.630. The number of primary amides is 1. The Hall–Kier alpha value is -3.36. The first kappa shape index (κ1) is 21.5. The summed E-state index contributed by atoms with van der Waals surface area (Å²) in [6, 6.07) is 11.3. The van der Waals surface area contributed by atoms with E-state index in [1.54, 1.807) is 10.9 Å². The highest BCUT2D eigenvalue weighted by molar-refractivity contribution is 6.30. The predicted octanol–water partition coefficient (Wildman–Crippen LogP) is 3.85. The molecule has 8 nitrogen and oxygen atoms in total. The van der Waals surface area contributed by atoms with Gasteiger partial charge in [-0.2, -0.15) is 0 Å². The van der Waals surface area contributed by atoms with Gasteiger partial charge < -0.3 is 20.8 Å². The average molecular weight is 465 g/mol. The molecule has 1 aliphatic heterocycles. The molecule has 4 aromatic rings. The Kier molecular flexibility index (Phi) is 5.78. The van der Waals surface area contributed by atoms with Crippen LogP contribution in [0.3, 0.4) is 0 Å². The number of halogens is 1. The Balaban J connectivity index is 1.51. The van der Waals surface area contributed by atoms with Crippen molar-refractivity contribution in [3.05, 3.63) is 59.0 Å². The van der Waals surface area contributed by atoms with Gasteiger partial charge in [-0.15, -0.1) is 0 Å². The molecule has 0 aliphatic carbocycles. The van der Waals surface area contributed by atoms with Gasteiger partial charge in [0.2, 0.25) is 0 Å². The van der Waals surface area contributed by atoms with E-state index >= 15 is 0 Å². The summed E-state index contributed by atoms with van der Waals surface area (Å²) in [6.45, 7) is 4.74. The smallest absolute Gasteiger partial charge is 0.269 e. The molecule has 9 heteroatoms. The van der Waals surface area contributed by atoms with E-state index in [0.29, 0.717) is 29.1 Å². The summed E-state index contributed by atoms with van der Waals surface area (Å²) < 4.78 is 7.84. The van der Waals surface area contributed by atoms with Gasteiger partial charge in [-0.1, -0.05) is 17.7 Å². The molecule has 1 aliphatic rings. The molecular formula is C24H25ClN6O2. The number of imidazole rings is 2. The lowest BCUT2D eigenvalue weighted by Crippen LogP contribution is -2.30. The van der Waals surface area contributed by atoms with Crippen LogP contribution in [0.5, 0.6) is 5.75 Å².